The first-order valence-corrected chi connectivity index (χ1v) is 7.83. The van der Waals surface area contributed by atoms with E-state index in [1.807, 2.05) is 4.90 Å². The van der Waals surface area contributed by atoms with Gasteiger partial charge in [-0.05, 0) is 36.1 Å². The number of carbonyl (C=O) groups excluding carboxylic acids is 1. The van der Waals surface area contributed by atoms with Gasteiger partial charge < -0.3 is 9.80 Å². The molecule has 1 amide bonds. The van der Waals surface area contributed by atoms with Crippen LogP contribution in [0.5, 0.6) is 0 Å². The third-order valence-electron chi connectivity index (χ3n) is 4.41. The van der Waals surface area contributed by atoms with E-state index in [-0.39, 0.29) is 11.3 Å². The maximum atomic E-state index is 12.5. The third kappa shape index (κ3) is 4.07. The molecule has 1 aliphatic heterocycles. The van der Waals surface area contributed by atoms with E-state index in [1.165, 1.54) is 16.7 Å². The van der Waals surface area contributed by atoms with Crippen molar-refractivity contribution in [3.63, 3.8) is 0 Å². The van der Waals surface area contributed by atoms with Gasteiger partial charge in [0.2, 0.25) is 5.91 Å². The fraction of sp³-hybridized carbons (Fsp3) is 0.611. The average molecular weight is 288 g/mol. The quantitative estimate of drug-likeness (QED) is 0.835. The Kier molecular flexibility index (Phi) is 4.72. The molecule has 3 nitrogen and oxygen atoms in total. The SMILES string of the molecule is Cc1ccc(C(C)(C)C)cc1CC(=O)N1CCN(C)CC1. The van der Waals surface area contributed by atoms with Crippen molar-refractivity contribution in [3.05, 3.63) is 34.9 Å². The van der Waals surface area contributed by atoms with Crippen molar-refractivity contribution in [1.29, 1.82) is 0 Å². The average Bonchev–Trinajstić information content (AvgIpc) is 2.40. The molecule has 1 aliphatic rings. The van der Waals surface area contributed by atoms with E-state index < -0.39 is 0 Å². The normalized spacial score (nSPS) is 17.1. The van der Waals surface area contributed by atoms with Crippen molar-refractivity contribution in [2.75, 3.05) is 33.2 Å². The molecule has 0 aliphatic carbocycles. The largest absolute Gasteiger partial charge is 0.340 e. The number of benzene rings is 1. The summed E-state index contributed by atoms with van der Waals surface area (Å²) in [6, 6.07) is 6.54. The highest BCUT2D eigenvalue weighted by Crippen LogP contribution is 2.25. The van der Waals surface area contributed by atoms with Crippen molar-refractivity contribution in [3.8, 4) is 0 Å². The molecule has 1 fully saturated rings. The zero-order valence-corrected chi connectivity index (χ0v) is 14.1. The number of likely N-dealkylation sites (N-methyl/N-ethyl adjacent to an activating group) is 1. The molecule has 1 saturated heterocycles. The van der Waals surface area contributed by atoms with Crippen LogP contribution in [0.3, 0.4) is 0 Å². The molecule has 0 bridgehead atoms. The predicted molar refractivity (Wildman–Crippen MR) is 87.7 cm³/mol. The standard InChI is InChI=1S/C18H28N2O/c1-14-6-7-16(18(2,3)4)12-15(14)13-17(21)20-10-8-19(5)9-11-20/h6-7,12H,8-11,13H2,1-5H3. The first-order valence-electron chi connectivity index (χ1n) is 7.83. The molecule has 0 atom stereocenters. The number of aryl methyl sites for hydroxylation is 1. The number of hydrogen-bond acceptors (Lipinski definition) is 2. The van der Waals surface area contributed by atoms with Crippen molar-refractivity contribution >= 4 is 5.91 Å². The van der Waals surface area contributed by atoms with E-state index in [0.717, 1.165) is 26.2 Å². The molecule has 0 saturated carbocycles. The van der Waals surface area contributed by atoms with Gasteiger partial charge in [0.1, 0.15) is 0 Å². The van der Waals surface area contributed by atoms with Crippen LogP contribution in [0.1, 0.15) is 37.5 Å². The van der Waals surface area contributed by atoms with Gasteiger partial charge in [-0.15, -0.1) is 0 Å². The molecule has 0 radical (unpaired) electrons. The van der Waals surface area contributed by atoms with E-state index in [1.54, 1.807) is 0 Å². The fourth-order valence-corrected chi connectivity index (χ4v) is 2.66. The Balaban J connectivity index is 2.10. The number of hydrogen-bond donors (Lipinski definition) is 0. The molecule has 1 aromatic carbocycles. The van der Waals surface area contributed by atoms with Crippen LogP contribution in [0.4, 0.5) is 0 Å². The van der Waals surface area contributed by atoms with Crippen LogP contribution in [-0.4, -0.2) is 48.9 Å². The Hall–Kier alpha value is -1.35. The van der Waals surface area contributed by atoms with Gasteiger partial charge in [-0.3, -0.25) is 4.79 Å². The molecule has 1 heterocycles. The van der Waals surface area contributed by atoms with E-state index in [2.05, 4.69) is 57.8 Å². The van der Waals surface area contributed by atoms with Crippen LogP contribution >= 0.6 is 0 Å². The zero-order chi connectivity index (χ0) is 15.6. The minimum absolute atomic E-state index is 0.124. The molecule has 1 aromatic rings. The van der Waals surface area contributed by atoms with Gasteiger partial charge in [0, 0.05) is 26.2 Å². The van der Waals surface area contributed by atoms with E-state index in [0.29, 0.717) is 6.42 Å². The van der Waals surface area contributed by atoms with E-state index >= 15 is 0 Å². The Morgan fingerprint density at radius 1 is 1.14 bits per heavy atom. The van der Waals surface area contributed by atoms with Gasteiger partial charge in [-0.2, -0.15) is 0 Å². The third-order valence-corrected chi connectivity index (χ3v) is 4.41. The molecule has 2 rings (SSSR count). The second-order valence-electron chi connectivity index (χ2n) is 7.25. The van der Waals surface area contributed by atoms with E-state index in [9.17, 15) is 4.79 Å². The van der Waals surface area contributed by atoms with Crippen molar-refractivity contribution in [2.45, 2.75) is 39.5 Å². The first kappa shape index (κ1) is 16.0. The summed E-state index contributed by atoms with van der Waals surface area (Å²) >= 11 is 0. The van der Waals surface area contributed by atoms with Crippen LogP contribution in [-0.2, 0) is 16.6 Å². The molecule has 0 N–H and O–H groups in total. The number of rotatable bonds is 2. The summed E-state index contributed by atoms with van der Waals surface area (Å²) in [5, 5.41) is 0. The lowest BCUT2D eigenvalue weighted by molar-refractivity contribution is -0.132. The Morgan fingerprint density at radius 2 is 1.76 bits per heavy atom. The molecule has 21 heavy (non-hydrogen) atoms. The smallest absolute Gasteiger partial charge is 0.227 e. The van der Waals surface area contributed by atoms with Crippen LogP contribution in [0.15, 0.2) is 18.2 Å². The van der Waals surface area contributed by atoms with Gasteiger partial charge >= 0.3 is 0 Å². The lowest BCUT2D eigenvalue weighted by Gasteiger charge is -2.32. The van der Waals surface area contributed by atoms with E-state index in [4.69, 9.17) is 0 Å². The summed E-state index contributed by atoms with van der Waals surface area (Å²) in [6.45, 7) is 12.4. The van der Waals surface area contributed by atoms with Gasteiger partial charge in [0.05, 0.1) is 6.42 Å². The minimum atomic E-state index is 0.124. The minimum Gasteiger partial charge on any atom is -0.340 e. The Bertz CT molecular complexity index is 508. The second-order valence-corrected chi connectivity index (χ2v) is 7.25. The molecule has 0 spiro atoms. The van der Waals surface area contributed by atoms with Crippen molar-refractivity contribution in [1.82, 2.24) is 9.80 Å². The number of nitrogens with zero attached hydrogens (tertiary/aromatic N) is 2. The lowest BCUT2D eigenvalue weighted by atomic mass is 9.85. The highest BCUT2D eigenvalue weighted by molar-refractivity contribution is 5.79. The molecular weight excluding hydrogens is 260 g/mol. The van der Waals surface area contributed by atoms with Crippen molar-refractivity contribution in [2.24, 2.45) is 0 Å². The van der Waals surface area contributed by atoms with Crippen LogP contribution in [0, 0.1) is 6.92 Å². The summed E-state index contributed by atoms with van der Waals surface area (Å²) in [5.41, 5.74) is 3.81. The topological polar surface area (TPSA) is 23.6 Å². The van der Waals surface area contributed by atoms with Gasteiger partial charge in [0.15, 0.2) is 0 Å². The molecule has 3 heteroatoms. The Labute approximate surface area is 128 Å². The highest BCUT2D eigenvalue weighted by atomic mass is 16.2. The summed E-state index contributed by atoms with van der Waals surface area (Å²) in [5.74, 6) is 0.261. The summed E-state index contributed by atoms with van der Waals surface area (Å²) in [7, 11) is 2.11. The first-order chi connectivity index (χ1) is 9.77. The van der Waals surface area contributed by atoms with Gasteiger partial charge in [0.25, 0.3) is 0 Å². The lowest BCUT2D eigenvalue weighted by Crippen LogP contribution is -2.47. The summed E-state index contributed by atoms with van der Waals surface area (Å²) < 4.78 is 0. The molecule has 116 valence electrons. The summed E-state index contributed by atoms with van der Waals surface area (Å²) in [6.07, 6.45) is 0.527. The number of carbonyl (C=O) groups is 1. The zero-order valence-electron chi connectivity index (χ0n) is 14.1. The van der Waals surface area contributed by atoms with Gasteiger partial charge in [-0.25, -0.2) is 0 Å². The Morgan fingerprint density at radius 3 is 2.33 bits per heavy atom. The highest BCUT2D eigenvalue weighted by Gasteiger charge is 2.21. The molecular formula is C18H28N2O. The maximum absolute atomic E-state index is 12.5. The predicted octanol–water partition coefficient (Wildman–Crippen LogP) is 2.61. The fourth-order valence-electron chi connectivity index (χ4n) is 2.66. The van der Waals surface area contributed by atoms with Crippen molar-refractivity contribution < 1.29 is 4.79 Å². The number of piperazine rings is 1. The van der Waals surface area contributed by atoms with Gasteiger partial charge in [-0.1, -0.05) is 39.0 Å². The molecule has 0 unspecified atom stereocenters. The monoisotopic (exact) mass is 288 g/mol. The van der Waals surface area contributed by atoms with Crippen LogP contribution in [0.2, 0.25) is 0 Å². The number of amides is 1. The summed E-state index contributed by atoms with van der Waals surface area (Å²) in [4.78, 5) is 16.8. The molecule has 0 aromatic heterocycles. The van der Waals surface area contributed by atoms with Crippen LogP contribution < -0.4 is 0 Å². The maximum Gasteiger partial charge on any atom is 0.227 e. The van der Waals surface area contributed by atoms with Crippen LogP contribution in [0.25, 0.3) is 0 Å². The second kappa shape index (κ2) is 6.18.